The third-order valence-electron chi connectivity index (χ3n) is 2.72. The van der Waals surface area contributed by atoms with Gasteiger partial charge in [-0.15, -0.1) is 0 Å². The quantitative estimate of drug-likeness (QED) is 0.809. The van der Waals surface area contributed by atoms with Crippen LogP contribution in [0.5, 0.6) is 0 Å². The summed E-state index contributed by atoms with van der Waals surface area (Å²) in [6.07, 6.45) is 1.84. The SMILES string of the molecule is CCOC(C)c1ncc(C)c(CNCC(C)C)n1. The van der Waals surface area contributed by atoms with Gasteiger partial charge in [-0.25, -0.2) is 9.97 Å². The molecule has 1 aromatic rings. The van der Waals surface area contributed by atoms with Gasteiger partial charge in [0.1, 0.15) is 6.10 Å². The van der Waals surface area contributed by atoms with E-state index < -0.39 is 0 Å². The normalized spacial score (nSPS) is 13.0. The van der Waals surface area contributed by atoms with Crippen molar-refractivity contribution in [1.82, 2.24) is 15.3 Å². The van der Waals surface area contributed by atoms with Gasteiger partial charge in [-0.2, -0.15) is 0 Å². The molecule has 0 bridgehead atoms. The van der Waals surface area contributed by atoms with Gasteiger partial charge in [0.05, 0.1) is 5.69 Å². The van der Waals surface area contributed by atoms with Crippen molar-refractivity contribution >= 4 is 0 Å². The molecule has 18 heavy (non-hydrogen) atoms. The van der Waals surface area contributed by atoms with Gasteiger partial charge in [-0.3, -0.25) is 0 Å². The zero-order valence-corrected chi connectivity index (χ0v) is 12.2. The predicted molar refractivity (Wildman–Crippen MR) is 73.4 cm³/mol. The average Bonchev–Trinajstić information content (AvgIpc) is 2.31. The Morgan fingerprint density at radius 2 is 2.06 bits per heavy atom. The second-order valence-electron chi connectivity index (χ2n) is 4.98. The molecule has 1 rings (SSSR count). The van der Waals surface area contributed by atoms with E-state index in [4.69, 9.17) is 4.74 Å². The van der Waals surface area contributed by atoms with Crippen LogP contribution < -0.4 is 5.32 Å². The van der Waals surface area contributed by atoms with Gasteiger partial charge in [0, 0.05) is 19.3 Å². The molecule has 0 aliphatic carbocycles. The van der Waals surface area contributed by atoms with Crippen LogP contribution in [0.1, 0.15) is 50.9 Å². The monoisotopic (exact) mass is 251 g/mol. The topological polar surface area (TPSA) is 47.0 Å². The van der Waals surface area contributed by atoms with Crippen LogP contribution in [-0.2, 0) is 11.3 Å². The van der Waals surface area contributed by atoms with Gasteiger partial charge >= 0.3 is 0 Å². The first kappa shape index (κ1) is 15.1. The predicted octanol–water partition coefficient (Wildman–Crippen LogP) is 2.63. The summed E-state index contributed by atoms with van der Waals surface area (Å²) in [4.78, 5) is 8.93. The number of rotatable bonds is 7. The molecule has 0 aromatic carbocycles. The van der Waals surface area contributed by atoms with E-state index in [1.54, 1.807) is 0 Å². The molecule has 0 radical (unpaired) electrons. The van der Waals surface area contributed by atoms with Gasteiger partial charge < -0.3 is 10.1 Å². The van der Waals surface area contributed by atoms with E-state index in [0.717, 1.165) is 30.2 Å². The van der Waals surface area contributed by atoms with Crippen LogP contribution in [0.25, 0.3) is 0 Å². The van der Waals surface area contributed by atoms with Crippen molar-refractivity contribution in [3.05, 3.63) is 23.3 Å². The molecule has 1 heterocycles. The highest BCUT2D eigenvalue weighted by Crippen LogP contribution is 2.13. The van der Waals surface area contributed by atoms with E-state index in [1.807, 2.05) is 27.0 Å². The molecule has 0 saturated carbocycles. The highest BCUT2D eigenvalue weighted by atomic mass is 16.5. The van der Waals surface area contributed by atoms with Gasteiger partial charge in [0.2, 0.25) is 0 Å². The first-order valence-corrected chi connectivity index (χ1v) is 6.69. The summed E-state index contributed by atoms with van der Waals surface area (Å²) in [6.45, 7) is 12.9. The molecule has 1 unspecified atom stereocenters. The maximum Gasteiger partial charge on any atom is 0.157 e. The molecule has 1 N–H and O–H groups in total. The third kappa shape index (κ3) is 4.70. The lowest BCUT2D eigenvalue weighted by Crippen LogP contribution is -2.21. The highest BCUT2D eigenvalue weighted by Gasteiger charge is 2.10. The molecule has 1 aromatic heterocycles. The lowest BCUT2D eigenvalue weighted by Gasteiger charge is -2.13. The van der Waals surface area contributed by atoms with Crippen LogP contribution >= 0.6 is 0 Å². The number of hydrogen-bond acceptors (Lipinski definition) is 4. The molecule has 0 saturated heterocycles. The molecule has 0 aliphatic heterocycles. The molecule has 0 fully saturated rings. The molecular formula is C14H25N3O. The van der Waals surface area contributed by atoms with Crippen molar-refractivity contribution in [1.29, 1.82) is 0 Å². The van der Waals surface area contributed by atoms with Crippen LogP contribution in [0.15, 0.2) is 6.20 Å². The second kappa shape index (κ2) is 7.44. The molecule has 1 atom stereocenters. The molecule has 0 aliphatic rings. The van der Waals surface area contributed by atoms with E-state index in [2.05, 4.69) is 29.1 Å². The fourth-order valence-corrected chi connectivity index (χ4v) is 1.67. The maximum atomic E-state index is 5.52. The van der Waals surface area contributed by atoms with Crippen LogP contribution in [0.4, 0.5) is 0 Å². The summed E-state index contributed by atoms with van der Waals surface area (Å²) in [5.41, 5.74) is 2.19. The minimum atomic E-state index is -0.0422. The lowest BCUT2D eigenvalue weighted by atomic mass is 10.2. The Hall–Kier alpha value is -1.00. The summed E-state index contributed by atoms with van der Waals surface area (Å²) in [5, 5.41) is 3.41. The fourth-order valence-electron chi connectivity index (χ4n) is 1.67. The number of nitrogens with one attached hydrogen (secondary N) is 1. The van der Waals surface area contributed by atoms with E-state index in [0.29, 0.717) is 12.5 Å². The van der Waals surface area contributed by atoms with E-state index >= 15 is 0 Å². The van der Waals surface area contributed by atoms with Crippen molar-refractivity contribution in [3.8, 4) is 0 Å². The van der Waals surface area contributed by atoms with Crippen molar-refractivity contribution in [2.75, 3.05) is 13.2 Å². The summed E-state index contributed by atoms with van der Waals surface area (Å²) < 4.78 is 5.52. The molecule has 0 amide bonds. The summed E-state index contributed by atoms with van der Waals surface area (Å²) in [6, 6.07) is 0. The summed E-state index contributed by atoms with van der Waals surface area (Å²) >= 11 is 0. The van der Waals surface area contributed by atoms with E-state index in [9.17, 15) is 0 Å². The largest absolute Gasteiger partial charge is 0.371 e. The summed E-state index contributed by atoms with van der Waals surface area (Å²) in [7, 11) is 0. The zero-order chi connectivity index (χ0) is 13.5. The van der Waals surface area contributed by atoms with Gasteiger partial charge in [-0.1, -0.05) is 13.8 Å². The summed E-state index contributed by atoms with van der Waals surface area (Å²) in [5.74, 6) is 1.41. The van der Waals surface area contributed by atoms with Gasteiger partial charge in [0.25, 0.3) is 0 Å². The number of aryl methyl sites for hydroxylation is 1. The Morgan fingerprint density at radius 1 is 1.33 bits per heavy atom. The van der Waals surface area contributed by atoms with Crippen molar-refractivity contribution in [3.63, 3.8) is 0 Å². The minimum Gasteiger partial charge on any atom is -0.371 e. The smallest absolute Gasteiger partial charge is 0.157 e. The first-order chi connectivity index (χ1) is 8.54. The Labute approximate surface area is 110 Å². The fraction of sp³-hybridized carbons (Fsp3) is 0.714. The maximum absolute atomic E-state index is 5.52. The van der Waals surface area contributed by atoms with Crippen LogP contribution in [0.2, 0.25) is 0 Å². The Kier molecular flexibility index (Phi) is 6.22. The highest BCUT2D eigenvalue weighted by molar-refractivity contribution is 5.16. The Balaban J connectivity index is 2.68. The van der Waals surface area contributed by atoms with Crippen LogP contribution in [0.3, 0.4) is 0 Å². The Bertz CT molecular complexity index is 366. The molecule has 4 nitrogen and oxygen atoms in total. The zero-order valence-electron chi connectivity index (χ0n) is 12.2. The molecular weight excluding hydrogens is 226 g/mol. The number of aromatic nitrogens is 2. The van der Waals surface area contributed by atoms with E-state index in [1.165, 1.54) is 0 Å². The van der Waals surface area contributed by atoms with Gasteiger partial charge in [-0.05, 0) is 38.8 Å². The first-order valence-electron chi connectivity index (χ1n) is 6.69. The standard InChI is InChI=1S/C14H25N3O/c1-6-18-12(5)14-16-8-11(4)13(17-14)9-15-7-10(2)3/h8,10,12,15H,6-7,9H2,1-5H3. The minimum absolute atomic E-state index is 0.0422. The number of nitrogens with zero attached hydrogens (tertiary/aromatic N) is 2. The van der Waals surface area contributed by atoms with Gasteiger partial charge in [0.15, 0.2) is 5.82 Å². The number of hydrogen-bond donors (Lipinski definition) is 1. The Morgan fingerprint density at radius 3 is 2.67 bits per heavy atom. The molecule has 4 heteroatoms. The van der Waals surface area contributed by atoms with Crippen molar-refractivity contribution in [2.45, 2.75) is 47.3 Å². The lowest BCUT2D eigenvalue weighted by molar-refractivity contribution is 0.0698. The average molecular weight is 251 g/mol. The van der Waals surface area contributed by atoms with Crippen molar-refractivity contribution in [2.24, 2.45) is 5.92 Å². The molecule has 0 spiro atoms. The van der Waals surface area contributed by atoms with Crippen LogP contribution in [0, 0.1) is 12.8 Å². The van der Waals surface area contributed by atoms with Crippen LogP contribution in [-0.4, -0.2) is 23.1 Å². The van der Waals surface area contributed by atoms with Crippen molar-refractivity contribution < 1.29 is 4.74 Å². The molecule has 102 valence electrons. The third-order valence-corrected chi connectivity index (χ3v) is 2.72. The number of ether oxygens (including phenoxy) is 1. The second-order valence-corrected chi connectivity index (χ2v) is 4.98. The van der Waals surface area contributed by atoms with E-state index in [-0.39, 0.29) is 6.10 Å².